The standard InChI is InChI=1S/C21H21N7O3/c1-2-22-20(30)16-10-25-21-27-26-18(28(21)13-16)9-14-4-3-5-15(8-14)19-23-11-17(12-24-19)31-7-6-29/h3-5,8,10-13,29H,2,6-7,9H2,1H3,(H,22,30). The molecule has 0 unspecified atom stereocenters. The number of rotatable bonds is 8. The lowest BCUT2D eigenvalue weighted by Gasteiger charge is -2.07. The molecule has 10 nitrogen and oxygen atoms in total. The Balaban J connectivity index is 1.57. The average molecular weight is 419 g/mol. The molecule has 1 aromatic carbocycles. The first-order chi connectivity index (χ1) is 15.2. The summed E-state index contributed by atoms with van der Waals surface area (Å²) in [5.41, 5.74) is 2.28. The van der Waals surface area contributed by atoms with Crippen molar-refractivity contribution in [2.24, 2.45) is 0 Å². The molecule has 158 valence electrons. The van der Waals surface area contributed by atoms with E-state index in [0.717, 1.165) is 11.1 Å². The molecule has 31 heavy (non-hydrogen) atoms. The Morgan fingerprint density at radius 1 is 1.16 bits per heavy atom. The molecule has 4 rings (SSSR count). The van der Waals surface area contributed by atoms with Crippen molar-refractivity contribution in [3.63, 3.8) is 0 Å². The van der Waals surface area contributed by atoms with E-state index in [1.165, 1.54) is 6.20 Å². The fourth-order valence-electron chi connectivity index (χ4n) is 3.04. The summed E-state index contributed by atoms with van der Waals surface area (Å²) in [5.74, 6) is 1.96. The van der Waals surface area contributed by atoms with Gasteiger partial charge in [0.05, 0.1) is 24.6 Å². The van der Waals surface area contributed by atoms with Crippen LogP contribution in [0.2, 0.25) is 0 Å². The molecule has 0 atom stereocenters. The first-order valence-corrected chi connectivity index (χ1v) is 9.81. The van der Waals surface area contributed by atoms with Gasteiger partial charge in [0, 0.05) is 30.9 Å². The van der Waals surface area contributed by atoms with Crippen LogP contribution in [-0.2, 0) is 6.42 Å². The van der Waals surface area contributed by atoms with Crippen molar-refractivity contribution in [2.45, 2.75) is 13.3 Å². The minimum atomic E-state index is -0.192. The van der Waals surface area contributed by atoms with Crippen LogP contribution in [0.25, 0.3) is 17.2 Å². The molecule has 10 heteroatoms. The van der Waals surface area contributed by atoms with E-state index < -0.39 is 0 Å². The van der Waals surface area contributed by atoms with E-state index in [0.29, 0.717) is 41.7 Å². The number of aliphatic hydroxyl groups is 1. The van der Waals surface area contributed by atoms with E-state index in [1.54, 1.807) is 23.0 Å². The normalized spacial score (nSPS) is 10.9. The number of carbonyl (C=O) groups is 1. The molecule has 0 spiro atoms. The van der Waals surface area contributed by atoms with Gasteiger partial charge in [-0.15, -0.1) is 10.2 Å². The van der Waals surface area contributed by atoms with Gasteiger partial charge in [-0.25, -0.2) is 15.0 Å². The Morgan fingerprint density at radius 3 is 2.77 bits per heavy atom. The summed E-state index contributed by atoms with van der Waals surface area (Å²) in [6.45, 7) is 2.53. The van der Waals surface area contributed by atoms with Crippen molar-refractivity contribution in [3.05, 3.63) is 66.0 Å². The van der Waals surface area contributed by atoms with Crippen LogP contribution in [0.5, 0.6) is 5.75 Å². The molecule has 4 aromatic rings. The van der Waals surface area contributed by atoms with E-state index in [-0.39, 0.29) is 19.1 Å². The van der Waals surface area contributed by atoms with Gasteiger partial charge in [0.25, 0.3) is 11.7 Å². The Kier molecular flexibility index (Phi) is 6.08. The quantitative estimate of drug-likeness (QED) is 0.437. The second-order valence-corrected chi connectivity index (χ2v) is 6.68. The Hall–Kier alpha value is -3.92. The fourth-order valence-corrected chi connectivity index (χ4v) is 3.04. The molecule has 0 bridgehead atoms. The highest BCUT2D eigenvalue weighted by molar-refractivity contribution is 5.93. The smallest absolute Gasteiger partial charge is 0.255 e. The summed E-state index contributed by atoms with van der Waals surface area (Å²) in [6, 6.07) is 7.80. The zero-order chi connectivity index (χ0) is 21.6. The molecule has 0 saturated heterocycles. The number of ether oxygens (including phenoxy) is 1. The molecule has 0 aliphatic rings. The van der Waals surface area contributed by atoms with E-state index >= 15 is 0 Å². The van der Waals surface area contributed by atoms with Crippen LogP contribution in [0, 0.1) is 0 Å². The van der Waals surface area contributed by atoms with Gasteiger partial charge in [0.1, 0.15) is 12.4 Å². The number of nitrogens with one attached hydrogen (secondary N) is 1. The van der Waals surface area contributed by atoms with Crippen molar-refractivity contribution in [3.8, 4) is 17.1 Å². The highest BCUT2D eigenvalue weighted by Crippen LogP contribution is 2.19. The summed E-state index contributed by atoms with van der Waals surface area (Å²) in [6.07, 6.45) is 6.83. The Morgan fingerprint density at radius 2 is 2.00 bits per heavy atom. The van der Waals surface area contributed by atoms with Crippen molar-refractivity contribution in [2.75, 3.05) is 19.8 Å². The molecule has 0 saturated carbocycles. The van der Waals surface area contributed by atoms with E-state index in [1.807, 2.05) is 31.2 Å². The zero-order valence-corrected chi connectivity index (χ0v) is 16.9. The topological polar surface area (TPSA) is 127 Å². The first kappa shape index (κ1) is 20.4. The highest BCUT2D eigenvalue weighted by atomic mass is 16.5. The van der Waals surface area contributed by atoms with Gasteiger partial charge >= 0.3 is 0 Å². The molecule has 0 fully saturated rings. The predicted molar refractivity (Wildman–Crippen MR) is 112 cm³/mol. The summed E-state index contributed by atoms with van der Waals surface area (Å²) >= 11 is 0. The summed E-state index contributed by atoms with van der Waals surface area (Å²) < 4.78 is 7.02. The fraction of sp³-hybridized carbons (Fsp3) is 0.238. The van der Waals surface area contributed by atoms with Crippen LogP contribution in [-0.4, -0.2) is 60.3 Å². The minimum Gasteiger partial charge on any atom is -0.488 e. The average Bonchev–Trinajstić information content (AvgIpc) is 3.20. The number of nitrogens with zero attached hydrogens (tertiary/aromatic N) is 6. The lowest BCUT2D eigenvalue weighted by Crippen LogP contribution is -2.23. The molecule has 0 aliphatic heterocycles. The van der Waals surface area contributed by atoms with Gasteiger partial charge < -0.3 is 15.2 Å². The highest BCUT2D eigenvalue weighted by Gasteiger charge is 2.12. The van der Waals surface area contributed by atoms with Crippen LogP contribution in [0.15, 0.2) is 49.1 Å². The number of carbonyl (C=O) groups excluding carboxylic acids is 1. The van der Waals surface area contributed by atoms with E-state index in [9.17, 15) is 4.79 Å². The number of aliphatic hydroxyl groups excluding tert-OH is 1. The van der Waals surface area contributed by atoms with Crippen molar-refractivity contribution in [1.82, 2.24) is 34.9 Å². The van der Waals surface area contributed by atoms with Gasteiger partial charge in [-0.2, -0.15) is 0 Å². The summed E-state index contributed by atoms with van der Waals surface area (Å²) in [5, 5.41) is 19.9. The third kappa shape index (κ3) is 4.64. The molecule has 2 N–H and O–H groups in total. The van der Waals surface area contributed by atoms with Crippen LogP contribution in [0.1, 0.15) is 28.7 Å². The Bertz CT molecular complexity index is 1190. The monoisotopic (exact) mass is 419 g/mol. The van der Waals surface area contributed by atoms with Gasteiger partial charge in [-0.3, -0.25) is 9.20 Å². The number of hydrogen-bond acceptors (Lipinski definition) is 8. The second-order valence-electron chi connectivity index (χ2n) is 6.68. The van der Waals surface area contributed by atoms with Gasteiger partial charge in [-0.05, 0) is 18.6 Å². The van der Waals surface area contributed by atoms with Crippen LogP contribution < -0.4 is 10.1 Å². The second kappa shape index (κ2) is 9.26. The lowest BCUT2D eigenvalue weighted by molar-refractivity contribution is 0.0955. The summed E-state index contributed by atoms with van der Waals surface area (Å²) in [7, 11) is 0. The van der Waals surface area contributed by atoms with Crippen molar-refractivity contribution in [1.29, 1.82) is 0 Å². The third-order valence-corrected chi connectivity index (χ3v) is 4.47. The zero-order valence-electron chi connectivity index (χ0n) is 16.9. The molecular formula is C21H21N7O3. The SMILES string of the molecule is CCNC(=O)c1cnc2nnc(Cc3cccc(-c4ncc(OCCO)cn4)c3)n2c1. The first-order valence-electron chi connectivity index (χ1n) is 9.81. The van der Waals surface area contributed by atoms with Crippen LogP contribution in [0.3, 0.4) is 0 Å². The maximum Gasteiger partial charge on any atom is 0.255 e. The number of benzene rings is 1. The van der Waals surface area contributed by atoms with Gasteiger partial charge in [0.15, 0.2) is 11.6 Å². The Labute approximate surface area is 178 Å². The third-order valence-electron chi connectivity index (χ3n) is 4.47. The molecular weight excluding hydrogens is 398 g/mol. The molecule has 3 aromatic heterocycles. The maximum absolute atomic E-state index is 12.1. The van der Waals surface area contributed by atoms with E-state index in [4.69, 9.17) is 9.84 Å². The number of fused-ring (bicyclic) bond motifs is 1. The molecule has 3 heterocycles. The number of hydrogen-bond donors (Lipinski definition) is 2. The van der Waals surface area contributed by atoms with Gasteiger partial charge in [-0.1, -0.05) is 18.2 Å². The maximum atomic E-state index is 12.1. The molecule has 0 aliphatic carbocycles. The number of aromatic nitrogens is 6. The van der Waals surface area contributed by atoms with Crippen LogP contribution in [0.4, 0.5) is 0 Å². The largest absolute Gasteiger partial charge is 0.488 e. The lowest BCUT2D eigenvalue weighted by atomic mass is 10.1. The van der Waals surface area contributed by atoms with E-state index in [2.05, 4.69) is 30.5 Å². The predicted octanol–water partition coefficient (Wildman–Crippen LogP) is 1.29. The molecule has 1 amide bonds. The van der Waals surface area contributed by atoms with Crippen LogP contribution >= 0.6 is 0 Å². The van der Waals surface area contributed by atoms with Gasteiger partial charge in [0.2, 0.25) is 0 Å². The van der Waals surface area contributed by atoms with Crippen molar-refractivity contribution >= 4 is 11.7 Å². The van der Waals surface area contributed by atoms with Crippen molar-refractivity contribution < 1.29 is 14.6 Å². The minimum absolute atomic E-state index is 0.0681. The number of amides is 1. The summed E-state index contributed by atoms with van der Waals surface area (Å²) in [4.78, 5) is 25.0. The molecule has 0 radical (unpaired) electrons.